The number of hydrogen-bond acceptors (Lipinski definition) is 2. The van der Waals surface area contributed by atoms with Crippen LogP contribution < -0.4 is 0 Å². The monoisotopic (exact) mass is 571 g/mol. The Morgan fingerprint density at radius 2 is 1.93 bits per heavy atom. The molecule has 1 aliphatic rings. The number of rotatable bonds is 3. The molecule has 1 fully saturated rings. The predicted molar refractivity (Wildman–Crippen MR) is 113 cm³/mol. The molecule has 0 amide bonds. The zero-order valence-corrected chi connectivity index (χ0v) is 19.4. The molecule has 1 saturated heterocycles. The minimum Gasteiger partial charge on any atom is -0.675 e. The van der Waals surface area contributed by atoms with Crippen LogP contribution in [-0.4, -0.2) is 34.7 Å². The number of aryl methyl sites for hydroxylation is 1. The fourth-order valence-electron chi connectivity index (χ4n) is 3.32. The van der Waals surface area contributed by atoms with Gasteiger partial charge in [0.05, 0.1) is 6.33 Å². The molecule has 0 aliphatic carbocycles. The molecule has 1 aromatic heterocycles. The van der Waals surface area contributed by atoms with Crippen molar-refractivity contribution >= 4 is 0 Å². The number of imidazole rings is 1. The first kappa shape index (κ1) is 25.2. The quantitative estimate of drug-likeness (QED) is 0.474. The Morgan fingerprint density at radius 1 is 1.17 bits per heavy atom. The van der Waals surface area contributed by atoms with Crippen LogP contribution in [0.1, 0.15) is 46.7 Å². The molecule has 2 aromatic carbocycles. The van der Waals surface area contributed by atoms with Crippen molar-refractivity contribution in [1.82, 2.24) is 9.97 Å². The number of H-pyrrole nitrogens is 1. The zero-order chi connectivity index (χ0) is 19.1. The fraction of sp³-hybridized carbons (Fsp3) is 0.348. The fourth-order valence-corrected chi connectivity index (χ4v) is 3.32. The minimum atomic E-state index is 0. The van der Waals surface area contributed by atoms with Crippen molar-refractivity contribution in [2.75, 3.05) is 13.2 Å². The van der Waals surface area contributed by atoms with Crippen molar-refractivity contribution in [2.24, 2.45) is 0 Å². The molecular formula is C23H29N3O2Os. The van der Waals surface area contributed by atoms with Gasteiger partial charge in [-0.15, -0.1) is 11.6 Å². The van der Waals surface area contributed by atoms with E-state index in [0.717, 1.165) is 31.7 Å². The van der Waals surface area contributed by atoms with Gasteiger partial charge in [-0.1, -0.05) is 18.2 Å². The maximum atomic E-state index is 7.19. The Bertz CT molecular complexity index is 819. The van der Waals surface area contributed by atoms with Gasteiger partial charge in [0.1, 0.15) is 0 Å². The summed E-state index contributed by atoms with van der Waals surface area (Å²) >= 11 is 0. The summed E-state index contributed by atoms with van der Waals surface area (Å²) in [5, 5.41) is 0. The first-order chi connectivity index (χ1) is 13.2. The second kappa shape index (κ2) is 12.7. The average Bonchev–Trinajstić information content (AvgIpc) is 3.22. The summed E-state index contributed by atoms with van der Waals surface area (Å²) in [5.74, 6) is 0.176. The summed E-state index contributed by atoms with van der Waals surface area (Å²) in [6, 6.07) is 18.0. The smallest absolute Gasteiger partial charge is 0.675 e. The molecule has 29 heavy (non-hydrogen) atoms. The van der Waals surface area contributed by atoms with Gasteiger partial charge in [-0.2, -0.15) is 30.3 Å². The molecule has 0 bridgehead atoms. The van der Waals surface area contributed by atoms with Gasteiger partial charge < -0.3 is 20.9 Å². The summed E-state index contributed by atoms with van der Waals surface area (Å²) in [5.41, 5.74) is 13.5. The van der Waals surface area contributed by atoms with Gasteiger partial charge in [-0.05, 0) is 43.4 Å². The molecule has 4 N–H and O–H groups in total. The second-order valence-electron chi connectivity index (χ2n) is 6.95. The maximum absolute atomic E-state index is 7.19. The van der Waals surface area contributed by atoms with Crippen LogP contribution >= 0.6 is 0 Å². The first-order valence-corrected chi connectivity index (χ1v) is 9.46. The molecule has 0 radical (unpaired) electrons. The molecular weight excluding hydrogens is 541 g/mol. The Morgan fingerprint density at radius 3 is 2.48 bits per heavy atom. The summed E-state index contributed by atoms with van der Waals surface area (Å²) in [7, 11) is 0. The van der Waals surface area contributed by atoms with E-state index in [0.29, 0.717) is 0 Å². The third-order valence-electron chi connectivity index (χ3n) is 5.07. The van der Waals surface area contributed by atoms with Crippen LogP contribution in [-0.2, 0) is 24.5 Å². The van der Waals surface area contributed by atoms with Crippen LogP contribution in [0.5, 0.6) is 0 Å². The second-order valence-corrected chi connectivity index (χ2v) is 6.95. The van der Waals surface area contributed by atoms with Crippen LogP contribution in [0.2, 0.25) is 0 Å². The summed E-state index contributed by atoms with van der Waals surface area (Å²) in [4.78, 5) is 7.44. The van der Waals surface area contributed by atoms with Gasteiger partial charge in [0.2, 0.25) is 0 Å². The Balaban J connectivity index is 0.000000401. The van der Waals surface area contributed by atoms with E-state index >= 15 is 0 Å². The molecule has 0 saturated carbocycles. The van der Waals surface area contributed by atoms with Crippen molar-refractivity contribution < 1.29 is 30.0 Å². The SMILES string of the molecule is Cc1cccc(C(c2c[c-]ccc2)c2cnc[nH]2)c1C.O.[NH-]C1CCOCC1.[Os+2]. The Labute approximate surface area is 186 Å². The van der Waals surface area contributed by atoms with E-state index in [4.69, 9.17) is 10.5 Å². The standard InChI is InChI=1S/C18H17N2.C5H10NO.H2O.Os/c1-13-7-6-10-16(14(13)2)18(17-11-19-12-20-17)15-8-4-3-5-9-15;6-5-1-3-7-4-2-5;;/h3-4,6-12,18H,1-2H3,(H,19,20);5-6H,1-4H2;1H2;/q2*-1;;+2. The molecule has 1 atom stereocenters. The summed E-state index contributed by atoms with van der Waals surface area (Å²) in [6.45, 7) is 5.93. The van der Waals surface area contributed by atoms with Gasteiger partial charge in [0.15, 0.2) is 0 Å². The molecule has 156 valence electrons. The molecule has 1 aliphatic heterocycles. The van der Waals surface area contributed by atoms with E-state index < -0.39 is 0 Å². The van der Waals surface area contributed by atoms with Gasteiger partial charge in [0.25, 0.3) is 0 Å². The normalized spacial score (nSPS) is 14.6. The van der Waals surface area contributed by atoms with Crippen LogP contribution in [0.15, 0.2) is 55.0 Å². The topological polar surface area (TPSA) is 93.2 Å². The number of aromatic amines is 1. The van der Waals surface area contributed by atoms with E-state index in [1.165, 1.54) is 22.3 Å². The van der Waals surface area contributed by atoms with Crippen molar-refractivity contribution in [3.05, 3.63) is 94.7 Å². The Kier molecular flexibility index (Phi) is 11.0. The van der Waals surface area contributed by atoms with E-state index in [2.05, 4.69) is 54.1 Å². The minimum absolute atomic E-state index is 0. The van der Waals surface area contributed by atoms with Crippen molar-refractivity contribution in [3.8, 4) is 0 Å². The van der Waals surface area contributed by atoms with Gasteiger partial charge in [0, 0.05) is 31.0 Å². The number of ether oxygens (including phenoxy) is 1. The zero-order valence-electron chi connectivity index (χ0n) is 16.9. The summed E-state index contributed by atoms with van der Waals surface area (Å²) in [6.07, 6.45) is 5.50. The Hall–Kier alpha value is -1.83. The average molecular weight is 570 g/mol. The van der Waals surface area contributed by atoms with Gasteiger partial charge in [-0.25, -0.2) is 4.98 Å². The molecule has 0 spiro atoms. The van der Waals surface area contributed by atoms with Crippen molar-refractivity contribution in [3.63, 3.8) is 0 Å². The number of aromatic nitrogens is 2. The number of nitrogens with one attached hydrogen (secondary N) is 2. The van der Waals surface area contributed by atoms with Crippen LogP contribution in [0.4, 0.5) is 0 Å². The largest absolute Gasteiger partial charge is 2.00 e. The van der Waals surface area contributed by atoms with Gasteiger partial charge >= 0.3 is 19.8 Å². The van der Waals surface area contributed by atoms with Crippen molar-refractivity contribution in [2.45, 2.75) is 38.6 Å². The molecule has 4 rings (SSSR count). The molecule has 1 unspecified atom stereocenters. The van der Waals surface area contributed by atoms with Crippen LogP contribution in [0.25, 0.3) is 5.73 Å². The van der Waals surface area contributed by atoms with E-state index in [-0.39, 0.29) is 37.2 Å². The van der Waals surface area contributed by atoms with Gasteiger partial charge in [-0.3, -0.25) is 0 Å². The maximum Gasteiger partial charge on any atom is 2.00 e. The number of hydrogen-bond donors (Lipinski definition) is 1. The molecule has 3 aromatic rings. The van der Waals surface area contributed by atoms with E-state index in [1.807, 2.05) is 24.4 Å². The van der Waals surface area contributed by atoms with E-state index in [1.54, 1.807) is 6.33 Å². The van der Waals surface area contributed by atoms with E-state index in [9.17, 15) is 0 Å². The molecule has 2 heterocycles. The van der Waals surface area contributed by atoms with Crippen LogP contribution in [0.3, 0.4) is 0 Å². The third-order valence-corrected chi connectivity index (χ3v) is 5.07. The predicted octanol–water partition coefficient (Wildman–Crippen LogP) is 4.40. The number of benzene rings is 2. The number of nitrogens with zero attached hydrogens (tertiary/aromatic N) is 1. The summed E-state index contributed by atoms with van der Waals surface area (Å²) < 4.78 is 5.02. The molecule has 5 nitrogen and oxygen atoms in total. The molecule has 6 heteroatoms. The first-order valence-electron chi connectivity index (χ1n) is 9.46. The van der Waals surface area contributed by atoms with Crippen LogP contribution in [0, 0.1) is 19.9 Å². The van der Waals surface area contributed by atoms with Crippen molar-refractivity contribution in [1.29, 1.82) is 0 Å². The third kappa shape index (κ3) is 6.87.